The standard InChI is InChI=1S/C19H18FNO/c1-12(2)19(22)18-10-6-15-11-14(5-9-17(15)21-18)13-3-7-16(20)8-4-13/h3-12,19,22H,1-2H3. The molecule has 1 aromatic heterocycles. The maximum atomic E-state index is 13.0. The molecule has 0 radical (unpaired) electrons. The number of aliphatic hydroxyl groups excluding tert-OH is 1. The molecule has 0 saturated carbocycles. The minimum Gasteiger partial charge on any atom is -0.387 e. The number of halogens is 1. The molecule has 1 N–H and O–H groups in total. The van der Waals surface area contributed by atoms with Crippen LogP contribution in [0.2, 0.25) is 0 Å². The van der Waals surface area contributed by atoms with Crippen LogP contribution in [0.5, 0.6) is 0 Å². The Kier molecular flexibility index (Phi) is 3.90. The Morgan fingerprint density at radius 3 is 2.27 bits per heavy atom. The molecule has 0 aliphatic carbocycles. The molecule has 1 heterocycles. The Morgan fingerprint density at radius 2 is 1.59 bits per heavy atom. The minimum absolute atomic E-state index is 0.128. The summed E-state index contributed by atoms with van der Waals surface area (Å²) in [6.07, 6.45) is -0.554. The quantitative estimate of drug-likeness (QED) is 0.757. The van der Waals surface area contributed by atoms with Crippen molar-refractivity contribution in [2.75, 3.05) is 0 Å². The van der Waals surface area contributed by atoms with E-state index in [2.05, 4.69) is 4.98 Å². The number of aliphatic hydroxyl groups is 1. The van der Waals surface area contributed by atoms with E-state index >= 15 is 0 Å². The lowest BCUT2D eigenvalue weighted by Crippen LogP contribution is -2.07. The van der Waals surface area contributed by atoms with Gasteiger partial charge in [-0.2, -0.15) is 0 Å². The van der Waals surface area contributed by atoms with Crippen molar-refractivity contribution in [2.24, 2.45) is 5.92 Å². The van der Waals surface area contributed by atoms with Crippen LogP contribution in [0.1, 0.15) is 25.6 Å². The van der Waals surface area contributed by atoms with Gasteiger partial charge in [-0.3, -0.25) is 4.98 Å². The largest absolute Gasteiger partial charge is 0.387 e. The third-order valence-electron chi connectivity index (χ3n) is 3.82. The number of benzene rings is 2. The molecule has 1 atom stereocenters. The number of hydrogen-bond acceptors (Lipinski definition) is 2. The number of fused-ring (bicyclic) bond motifs is 1. The zero-order chi connectivity index (χ0) is 15.7. The Hall–Kier alpha value is -2.26. The van der Waals surface area contributed by atoms with Crippen molar-refractivity contribution in [3.05, 3.63) is 66.1 Å². The van der Waals surface area contributed by atoms with Crippen LogP contribution >= 0.6 is 0 Å². The summed E-state index contributed by atoms with van der Waals surface area (Å²) < 4.78 is 13.0. The molecular formula is C19H18FNO. The molecule has 22 heavy (non-hydrogen) atoms. The van der Waals surface area contributed by atoms with E-state index in [0.717, 1.165) is 22.0 Å². The first-order valence-electron chi connectivity index (χ1n) is 7.39. The van der Waals surface area contributed by atoms with E-state index in [0.29, 0.717) is 5.69 Å². The summed E-state index contributed by atoms with van der Waals surface area (Å²) in [5.74, 6) is -0.109. The molecular weight excluding hydrogens is 277 g/mol. The molecule has 0 bridgehead atoms. The van der Waals surface area contributed by atoms with E-state index in [1.165, 1.54) is 12.1 Å². The second kappa shape index (κ2) is 5.85. The van der Waals surface area contributed by atoms with Crippen molar-refractivity contribution in [3.8, 4) is 11.1 Å². The highest BCUT2D eigenvalue weighted by Gasteiger charge is 2.13. The molecule has 0 aliphatic heterocycles. The van der Waals surface area contributed by atoms with Gasteiger partial charge in [0.05, 0.1) is 17.3 Å². The van der Waals surface area contributed by atoms with Gasteiger partial charge in [-0.05, 0) is 47.4 Å². The summed E-state index contributed by atoms with van der Waals surface area (Å²) in [6.45, 7) is 3.93. The minimum atomic E-state index is -0.554. The molecule has 0 saturated heterocycles. The molecule has 0 amide bonds. The fourth-order valence-corrected chi connectivity index (χ4v) is 2.47. The topological polar surface area (TPSA) is 33.1 Å². The molecule has 2 aromatic carbocycles. The van der Waals surface area contributed by atoms with E-state index in [-0.39, 0.29) is 11.7 Å². The van der Waals surface area contributed by atoms with Crippen LogP contribution in [0.15, 0.2) is 54.6 Å². The fourth-order valence-electron chi connectivity index (χ4n) is 2.47. The van der Waals surface area contributed by atoms with Crippen LogP contribution in [0.3, 0.4) is 0 Å². The number of rotatable bonds is 3. The van der Waals surface area contributed by atoms with E-state index < -0.39 is 6.10 Å². The SMILES string of the molecule is CC(C)C(O)c1ccc2cc(-c3ccc(F)cc3)ccc2n1. The Balaban J connectivity index is 2.01. The molecule has 1 unspecified atom stereocenters. The highest BCUT2D eigenvalue weighted by atomic mass is 19.1. The van der Waals surface area contributed by atoms with Crippen LogP contribution in [0.4, 0.5) is 4.39 Å². The van der Waals surface area contributed by atoms with Crippen LogP contribution in [0.25, 0.3) is 22.0 Å². The first-order valence-corrected chi connectivity index (χ1v) is 7.39. The summed E-state index contributed by atoms with van der Waals surface area (Å²) in [5.41, 5.74) is 3.53. The van der Waals surface area contributed by atoms with E-state index in [1.54, 1.807) is 12.1 Å². The molecule has 112 valence electrons. The van der Waals surface area contributed by atoms with Crippen LogP contribution < -0.4 is 0 Å². The Labute approximate surface area is 129 Å². The Morgan fingerprint density at radius 1 is 0.909 bits per heavy atom. The Bertz CT molecular complexity index is 796. The summed E-state index contributed by atoms with van der Waals surface area (Å²) >= 11 is 0. The smallest absolute Gasteiger partial charge is 0.123 e. The normalized spacial score (nSPS) is 12.8. The molecule has 3 aromatic rings. The van der Waals surface area contributed by atoms with Crippen LogP contribution in [-0.4, -0.2) is 10.1 Å². The van der Waals surface area contributed by atoms with Crippen LogP contribution in [-0.2, 0) is 0 Å². The predicted octanol–water partition coefficient (Wildman–Crippen LogP) is 4.73. The average molecular weight is 295 g/mol. The molecule has 3 rings (SSSR count). The lowest BCUT2D eigenvalue weighted by Gasteiger charge is -2.14. The molecule has 0 aliphatic rings. The van der Waals surface area contributed by atoms with Gasteiger partial charge in [0.2, 0.25) is 0 Å². The monoisotopic (exact) mass is 295 g/mol. The lowest BCUT2D eigenvalue weighted by atomic mass is 10.0. The van der Waals surface area contributed by atoms with Crippen molar-refractivity contribution in [2.45, 2.75) is 20.0 Å². The van der Waals surface area contributed by atoms with Crippen molar-refractivity contribution in [3.63, 3.8) is 0 Å². The highest BCUT2D eigenvalue weighted by Crippen LogP contribution is 2.26. The van der Waals surface area contributed by atoms with Crippen molar-refractivity contribution < 1.29 is 9.50 Å². The molecule has 3 heteroatoms. The second-order valence-electron chi connectivity index (χ2n) is 5.84. The van der Waals surface area contributed by atoms with Gasteiger partial charge < -0.3 is 5.11 Å². The maximum absolute atomic E-state index is 13.0. The first kappa shape index (κ1) is 14.7. The third kappa shape index (κ3) is 2.85. The van der Waals surface area contributed by atoms with Crippen molar-refractivity contribution in [1.82, 2.24) is 4.98 Å². The number of nitrogens with zero attached hydrogens (tertiary/aromatic N) is 1. The molecule has 0 spiro atoms. The molecule has 0 fully saturated rings. The zero-order valence-electron chi connectivity index (χ0n) is 12.6. The number of pyridine rings is 1. The average Bonchev–Trinajstić information content (AvgIpc) is 2.53. The lowest BCUT2D eigenvalue weighted by molar-refractivity contribution is 0.123. The fraction of sp³-hybridized carbons (Fsp3) is 0.211. The van der Waals surface area contributed by atoms with Gasteiger partial charge >= 0.3 is 0 Å². The van der Waals surface area contributed by atoms with Crippen molar-refractivity contribution >= 4 is 10.9 Å². The summed E-state index contributed by atoms with van der Waals surface area (Å²) in [5, 5.41) is 11.1. The van der Waals surface area contributed by atoms with Gasteiger partial charge in [0.25, 0.3) is 0 Å². The molecule has 2 nitrogen and oxygen atoms in total. The van der Waals surface area contributed by atoms with Gasteiger partial charge in [0.1, 0.15) is 5.82 Å². The van der Waals surface area contributed by atoms with Crippen molar-refractivity contribution in [1.29, 1.82) is 0 Å². The zero-order valence-corrected chi connectivity index (χ0v) is 12.6. The van der Waals surface area contributed by atoms with Gasteiger partial charge in [-0.1, -0.05) is 38.1 Å². The maximum Gasteiger partial charge on any atom is 0.123 e. The summed E-state index contributed by atoms with van der Waals surface area (Å²) in [6, 6.07) is 16.2. The number of hydrogen-bond donors (Lipinski definition) is 1. The summed E-state index contributed by atoms with van der Waals surface area (Å²) in [7, 11) is 0. The van der Waals surface area contributed by atoms with E-state index in [9.17, 15) is 9.50 Å². The van der Waals surface area contributed by atoms with Gasteiger partial charge in [0, 0.05) is 5.39 Å². The van der Waals surface area contributed by atoms with E-state index in [4.69, 9.17) is 0 Å². The van der Waals surface area contributed by atoms with E-state index in [1.807, 2.05) is 44.2 Å². The van der Waals surface area contributed by atoms with Gasteiger partial charge in [0.15, 0.2) is 0 Å². The van der Waals surface area contributed by atoms with Crippen LogP contribution in [0, 0.1) is 11.7 Å². The summed E-state index contributed by atoms with van der Waals surface area (Å²) in [4.78, 5) is 4.54. The highest BCUT2D eigenvalue weighted by molar-refractivity contribution is 5.84. The van der Waals surface area contributed by atoms with Gasteiger partial charge in [-0.15, -0.1) is 0 Å². The third-order valence-corrected chi connectivity index (χ3v) is 3.82. The van der Waals surface area contributed by atoms with Gasteiger partial charge in [-0.25, -0.2) is 4.39 Å². The second-order valence-corrected chi connectivity index (χ2v) is 5.84. The number of aromatic nitrogens is 1. The predicted molar refractivity (Wildman–Crippen MR) is 86.9 cm³/mol. The first-order chi connectivity index (χ1) is 10.5.